The van der Waals surface area contributed by atoms with E-state index in [-0.39, 0.29) is 24.3 Å². The molecule has 1 aliphatic rings. The number of aliphatic carboxylic acids is 1. The third-order valence-electron chi connectivity index (χ3n) is 5.60. The summed E-state index contributed by atoms with van der Waals surface area (Å²) in [6.07, 6.45) is 1.42. The van der Waals surface area contributed by atoms with Crippen LogP contribution in [0.25, 0.3) is 0 Å². The minimum absolute atomic E-state index is 0.00564. The third kappa shape index (κ3) is 4.65. The summed E-state index contributed by atoms with van der Waals surface area (Å²) in [7, 11) is 0. The molecule has 1 aliphatic heterocycles. The van der Waals surface area contributed by atoms with Crippen LogP contribution in [-0.4, -0.2) is 47.4 Å². The number of piperidine rings is 1. The normalized spacial score (nSPS) is 18.5. The highest BCUT2D eigenvalue weighted by molar-refractivity contribution is 5.94. The van der Waals surface area contributed by atoms with Crippen molar-refractivity contribution in [1.29, 1.82) is 0 Å². The zero-order valence-corrected chi connectivity index (χ0v) is 16.5. The number of hydrogen-bond donors (Lipinski definition) is 2. The van der Waals surface area contributed by atoms with Gasteiger partial charge in [-0.25, -0.2) is 0 Å². The Labute approximate surface area is 170 Å². The number of likely N-dealkylation sites (tertiary alicyclic amines) is 1. The third-order valence-corrected chi connectivity index (χ3v) is 5.60. The van der Waals surface area contributed by atoms with Crippen LogP contribution in [0.4, 0.5) is 0 Å². The molecule has 0 radical (unpaired) electrons. The molecule has 1 fully saturated rings. The van der Waals surface area contributed by atoms with Crippen molar-refractivity contribution < 1.29 is 19.5 Å². The second kappa shape index (κ2) is 8.90. The smallest absolute Gasteiger partial charge is 0.315 e. The van der Waals surface area contributed by atoms with E-state index in [9.17, 15) is 19.5 Å². The second-order valence-corrected chi connectivity index (χ2v) is 7.68. The first-order valence-corrected chi connectivity index (χ1v) is 9.83. The van der Waals surface area contributed by atoms with Gasteiger partial charge in [-0.05, 0) is 37.5 Å². The molecule has 2 aromatic carbocycles. The Bertz CT molecular complexity index is 869. The standard InChI is InChI=1S/C23H26N2O4/c1-23(22(28)29,19-12-6-3-7-13-19)16-24-20(26)18-11-8-14-25(15-18)21(27)17-9-4-2-5-10-17/h2-7,9-10,12-13,18H,8,11,14-16H2,1H3,(H,24,26)(H,28,29). The molecule has 0 aromatic heterocycles. The fourth-order valence-electron chi connectivity index (χ4n) is 3.65. The van der Waals surface area contributed by atoms with E-state index in [0.717, 1.165) is 6.42 Å². The van der Waals surface area contributed by atoms with Gasteiger partial charge in [0.15, 0.2) is 0 Å². The van der Waals surface area contributed by atoms with Crippen LogP contribution in [0.1, 0.15) is 35.7 Å². The highest BCUT2D eigenvalue weighted by Gasteiger charge is 2.37. The number of carbonyl (C=O) groups is 3. The van der Waals surface area contributed by atoms with Crippen LogP contribution in [0, 0.1) is 5.92 Å². The molecule has 0 spiro atoms. The van der Waals surface area contributed by atoms with Crippen LogP contribution >= 0.6 is 0 Å². The van der Waals surface area contributed by atoms with Crippen molar-refractivity contribution >= 4 is 17.8 Å². The number of carboxylic acids is 1. The number of carbonyl (C=O) groups excluding carboxylic acids is 2. The molecule has 2 unspecified atom stereocenters. The maximum atomic E-state index is 12.8. The summed E-state index contributed by atoms with van der Waals surface area (Å²) in [5.74, 6) is -1.62. The fourth-order valence-corrected chi connectivity index (χ4v) is 3.65. The lowest BCUT2D eigenvalue weighted by molar-refractivity contribution is -0.143. The number of nitrogens with zero attached hydrogens (tertiary/aromatic N) is 1. The molecule has 0 aliphatic carbocycles. The summed E-state index contributed by atoms with van der Waals surface area (Å²) in [4.78, 5) is 39.0. The summed E-state index contributed by atoms with van der Waals surface area (Å²) in [5.41, 5.74) is 0.0268. The van der Waals surface area contributed by atoms with Crippen molar-refractivity contribution in [3.05, 3.63) is 71.8 Å². The van der Waals surface area contributed by atoms with Crippen molar-refractivity contribution in [2.75, 3.05) is 19.6 Å². The molecule has 2 aromatic rings. The first-order chi connectivity index (χ1) is 13.9. The van der Waals surface area contributed by atoms with Gasteiger partial charge in [0.1, 0.15) is 5.41 Å². The Morgan fingerprint density at radius 1 is 1.07 bits per heavy atom. The van der Waals surface area contributed by atoms with Gasteiger partial charge < -0.3 is 15.3 Å². The topological polar surface area (TPSA) is 86.7 Å². The summed E-state index contributed by atoms with van der Waals surface area (Å²) in [6, 6.07) is 17.9. The van der Waals surface area contributed by atoms with Crippen LogP contribution in [0.2, 0.25) is 0 Å². The van der Waals surface area contributed by atoms with E-state index < -0.39 is 11.4 Å². The minimum atomic E-state index is -1.22. The largest absolute Gasteiger partial charge is 0.481 e. The molecule has 1 saturated heterocycles. The van der Waals surface area contributed by atoms with E-state index in [1.165, 1.54) is 0 Å². The van der Waals surface area contributed by atoms with Crippen molar-refractivity contribution in [3.63, 3.8) is 0 Å². The van der Waals surface area contributed by atoms with Gasteiger partial charge >= 0.3 is 5.97 Å². The van der Waals surface area contributed by atoms with E-state index in [1.54, 1.807) is 48.2 Å². The van der Waals surface area contributed by atoms with Gasteiger partial charge in [-0.15, -0.1) is 0 Å². The summed E-state index contributed by atoms with van der Waals surface area (Å²) < 4.78 is 0. The van der Waals surface area contributed by atoms with E-state index in [0.29, 0.717) is 30.6 Å². The molecule has 6 nitrogen and oxygen atoms in total. The van der Waals surface area contributed by atoms with Gasteiger partial charge in [0, 0.05) is 25.2 Å². The molecule has 1 heterocycles. The minimum Gasteiger partial charge on any atom is -0.481 e. The van der Waals surface area contributed by atoms with Gasteiger partial charge in [0.25, 0.3) is 5.91 Å². The highest BCUT2D eigenvalue weighted by atomic mass is 16.4. The lowest BCUT2D eigenvalue weighted by atomic mass is 9.82. The van der Waals surface area contributed by atoms with Crippen LogP contribution in [0.5, 0.6) is 0 Å². The van der Waals surface area contributed by atoms with Gasteiger partial charge in [0.05, 0.1) is 5.92 Å². The SMILES string of the molecule is CC(CNC(=O)C1CCCN(C(=O)c2ccccc2)C1)(C(=O)O)c1ccccc1. The Morgan fingerprint density at radius 3 is 2.31 bits per heavy atom. The second-order valence-electron chi connectivity index (χ2n) is 7.68. The molecule has 2 amide bonds. The Balaban J connectivity index is 1.64. The first kappa shape index (κ1) is 20.6. The van der Waals surface area contributed by atoms with E-state index >= 15 is 0 Å². The first-order valence-electron chi connectivity index (χ1n) is 9.83. The summed E-state index contributed by atoms with van der Waals surface area (Å²) >= 11 is 0. The lowest BCUT2D eigenvalue weighted by Crippen LogP contribution is -2.49. The average molecular weight is 394 g/mol. The van der Waals surface area contributed by atoms with E-state index in [1.807, 2.05) is 24.3 Å². The average Bonchev–Trinajstić information content (AvgIpc) is 2.77. The lowest BCUT2D eigenvalue weighted by Gasteiger charge is -2.33. The monoisotopic (exact) mass is 394 g/mol. The van der Waals surface area contributed by atoms with Crippen molar-refractivity contribution in [2.45, 2.75) is 25.2 Å². The van der Waals surface area contributed by atoms with Gasteiger partial charge in [-0.2, -0.15) is 0 Å². The van der Waals surface area contributed by atoms with Crippen molar-refractivity contribution in [2.24, 2.45) is 5.92 Å². The summed E-state index contributed by atoms with van der Waals surface area (Å²) in [6.45, 7) is 2.56. The van der Waals surface area contributed by atoms with E-state index in [4.69, 9.17) is 0 Å². The number of hydrogen-bond acceptors (Lipinski definition) is 3. The fraction of sp³-hybridized carbons (Fsp3) is 0.348. The molecule has 2 N–H and O–H groups in total. The Hall–Kier alpha value is -3.15. The maximum Gasteiger partial charge on any atom is 0.315 e. The van der Waals surface area contributed by atoms with Crippen LogP contribution in [0.3, 0.4) is 0 Å². The molecular formula is C23H26N2O4. The quantitative estimate of drug-likeness (QED) is 0.789. The van der Waals surface area contributed by atoms with E-state index in [2.05, 4.69) is 5.32 Å². The molecule has 3 rings (SSSR count). The molecule has 0 saturated carbocycles. The van der Waals surface area contributed by atoms with Crippen LogP contribution in [-0.2, 0) is 15.0 Å². The highest BCUT2D eigenvalue weighted by Crippen LogP contribution is 2.24. The molecule has 6 heteroatoms. The van der Waals surface area contributed by atoms with Gasteiger partial charge in [0.2, 0.25) is 5.91 Å². The Kier molecular flexibility index (Phi) is 6.32. The van der Waals surface area contributed by atoms with Gasteiger partial charge in [-0.1, -0.05) is 48.5 Å². The molecular weight excluding hydrogens is 368 g/mol. The predicted octanol–water partition coefficient (Wildman–Crippen LogP) is 2.70. The maximum absolute atomic E-state index is 12.8. The van der Waals surface area contributed by atoms with Gasteiger partial charge in [-0.3, -0.25) is 14.4 Å². The number of nitrogens with one attached hydrogen (secondary N) is 1. The predicted molar refractivity (Wildman–Crippen MR) is 110 cm³/mol. The van der Waals surface area contributed by atoms with Crippen LogP contribution in [0.15, 0.2) is 60.7 Å². The molecule has 0 bridgehead atoms. The Morgan fingerprint density at radius 2 is 1.69 bits per heavy atom. The zero-order valence-electron chi connectivity index (χ0n) is 16.5. The van der Waals surface area contributed by atoms with Crippen molar-refractivity contribution in [1.82, 2.24) is 10.2 Å². The molecule has 152 valence electrons. The van der Waals surface area contributed by atoms with Crippen LogP contribution < -0.4 is 5.32 Å². The zero-order chi connectivity index (χ0) is 20.9. The number of amides is 2. The molecule has 29 heavy (non-hydrogen) atoms. The van der Waals surface area contributed by atoms with Crippen molar-refractivity contribution in [3.8, 4) is 0 Å². The molecule has 2 atom stereocenters. The summed E-state index contributed by atoms with van der Waals surface area (Å²) in [5, 5.41) is 12.6. The number of benzene rings is 2. The number of carboxylic acid groups (broad SMARTS) is 1. The number of rotatable bonds is 6.